The SMILES string of the molecule is CC(C)N1CCC2(CC1)NCCC2=O.CC(C)N1CCN(C)CC1.CC(C)N1CCN2C[C@H](C)C[C@H]2C1.CC(C)N1CC[C@@H]2OCCN[C@H]2C1.CC(C)N1CC[C@H]2OCCN[C@@H]2C1.CC(C)Nc1ccccn1.Cc1ccc(NC(C)C)nc1. The van der Waals surface area contributed by atoms with Crippen molar-refractivity contribution in [2.75, 3.05) is 142 Å². The molecule has 84 heavy (non-hydrogen) atoms. The molecule has 11 heterocycles. The van der Waals surface area contributed by atoms with Gasteiger partial charge in [-0.3, -0.25) is 29.3 Å². The number of carbonyl (C=O) groups excluding carboxylic acids is 1. The molecule has 9 aliphatic heterocycles. The number of piperazine rings is 2. The van der Waals surface area contributed by atoms with Crippen LogP contribution < -0.4 is 26.6 Å². The van der Waals surface area contributed by atoms with Crippen molar-refractivity contribution in [3.63, 3.8) is 0 Å². The first-order valence-electron chi connectivity index (χ1n) is 33.5. The summed E-state index contributed by atoms with van der Waals surface area (Å²) in [5.74, 6) is 3.26. The zero-order chi connectivity index (χ0) is 61.3. The highest BCUT2D eigenvalue weighted by molar-refractivity contribution is 5.90. The fraction of sp³-hybridized carbons (Fsp3) is 0.836. The van der Waals surface area contributed by atoms with Crippen molar-refractivity contribution in [3.8, 4) is 0 Å². The van der Waals surface area contributed by atoms with E-state index in [1.165, 1.54) is 90.3 Å². The number of anilines is 2. The minimum absolute atomic E-state index is 0.134. The molecule has 482 valence electrons. The minimum atomic E-state index is -0.134. The highest BCUT2D eigenvalue weighted by Gasteiger charge is 2.44. The maximum absolute atomic E-state index is 11.7. The molecular weight excluding hydrogens is 1050 g/mol. The third-order valence-electron chi connectivity index (χ3n) is 18.3. The van der Waals surface area contributed by atoms with E-state index in [1.807, 2.05) is 37.4 Å². The highest BCUT2D eigenvalue weighted by Crippen LogP contribution is 2.29. The first kappa shape index (κ1) is 71.8. The Morgan fingerprint density at radius 2 is 1.07 bits per heavy atom. The Balaban J connectivity index is 0.000000180. The van der Waals surface area contributed by atoms with Gasteiger partial charge in [-0.05, 0) is 173 Å². The first-order valence-corrected chi connectivity index (χ1v) is 33.5. The Bertz CT molecular complexity index is 1980. The quantitative estimate of drug-likeness (QED) is 0.166. The van der Waals surface area contributed by atoms with Crippen molar-refractivity contribution >= 4 is 17.4 Å². The van der Waals surface area contributed by atoms with Crippen molar-refractivity contribution in [1.82, 2.24) is 60.2 Å². The molecule has 0 unspecified atom stereocenters. The number of rotatable bonds is 9. The van der Waals surface area contributed by atoms with Crippen LogP contribution in [0.1, 0.15) is 148 Å². The smallest absolute Gasteiger partial charge is 0.154 e. The summed E-state index contributed by atoms with van der Waals surface area (Å²) in [5, 5.41) is 16.9. The number of nitrogens with one attached hydrogen (secondary N) is 5. The summed E-state index contributed by atoms with van der Waals surface area (Å²) in [6, 6.07) is 16.2. The zero-order valence-corrected chi connectivity index (χ0v) is 56.5. The first-order chi connectivity index (χ1) is 40.0. The van der Waals surface area contributed by atoms with E-state index in [0.29, 0.717) is 60.3 Å². The fourth-order valence-electron chi connectivity index (χ4n) is 12.9. The molecule has 9 saturated heterocycles. The summed E-state index contributed by atoms with van der Waals surface area (Å²) < 4.78 is 11.4. The predicted molar refractivity (Wildman–Crippen MR) is 353 cm³/mol. The third-order valence-corrected chi connectivity index (χ3v) is 18.3. The molecule has 0 aliphatic carbocycles. The molecule has 2 aromatic rings. The third kappa shape index (κ3) is 24.9. The van der Waals surface area contributed by atoms with Crippen molar-refractivity contribution in [2.45, 2.75) is 227 Å². The van der Waals surface area contributed by atoms with Gasteiger partial charge in [-0.2, -0.15) is 0 Å². The number of carbonyl (C=O) groups is 1. The van der Waals surface area contributed by atoms with E-state index in [2.05, 4.69) is 188 Å². The average molecular weight is 1180 g/mol. The number of fused-ring (bicyclic) bond motifs is 3. The summed E-state index contributed by atoms with van der Waals surface area (Å²) in [7, 11) is 2.19. The molecular formula is C67H126N14O3. The van der Waals surface area contributed by atoms with Crippen molar-refractivity contribution < 1.29 is 14.3 Å². The number of nitrogens with zero attached hydrogens (tertiary/aromatic N) is 9. The number of morpholine rings is 2. The van der Waals surface area contributed by atoms with Crippen LogP contribution in [0.2, 0.25) is 0 Å². The van der Waals surface area contributed by atoms with Gasteiger partial charge in [0.1, 0.15) is 11.6 Å². The summed E-state index contributed by atoms with van der Waals surface area (Å²) in [4.78, 5) is 37.8. The summed E-state index contributed by atoms with van der Waals surface area (Å²) >= 11 is 0. The van der Waals surface area contributed by atoms with Gasteiger partial charge in [-0.15, -0.1) is 0 Å². The van der Waals surface area contributed by atoms with Crippen LogP contribution in [0.15, 0.2) is 42.7 Å². The number of ketones is 1. The summed E-state index contributed by atoms with van der Waals surface area (Å²) in [6.07, 6.45) is 11.1. The van der Waals surface area contributed by atoms with E-state index in [-0.39, 0.29) is 5.54 Å². The van der Waals surface area contributed by atoms with Crippen LogP contribution in [-0.2, 0) is 14.3 Å². The molecule has 6 atom stereocenters. The lowest BCUT2D eigenvalue weighted by Crippen LogP contribution is -2.59. The number of aryl methyl sites for hydroxylation is 1. The number of ether oxygens (including phenoxy) is 2. The minimum Gasteiger partial charge on any atom is -0.375 e. The number of hydrogen-bond donors (Lipinski definition) is 5. The van der Waals surface area contributed by atoms with Crippen LogP contribution in [0.3, 0.4) is 0 Å². The number of likely N-dealkylation sites (tertiary alicyclic amines) is 3. The molecule has 17 heteroatoms. The number of pyridine rings is 2. The second kappa shape index (κ2) is 37.2. The van der Waals surface area contributed by atoms with Gasteiger partial charge in [-0.25, -0.2) is 9.97 Å². The van der Waals surface area contributed by atoms with Gasteiger partial charge >= 0.3 is 0 Å². The normalized spacial score (nSPS) is 26.9. The standard InChI is InChI=1S/C11H20N2O.C11H22N2.2C10H20N2O.C9H14N2.C8H18N2.C8H12N2/c1-9(2)13-7-4-11(5-8-13)10(14)3-6-12-11;1-9(2)12-4-5-13-7-10(3)6-11(13)8-12;2*1-8(2)12-5-3-10-9(7-12)11-4-6-13-10;1-7(2)11-9-5-4-8(3)6-10-9;1-8(2)10-6-4-9(3)5-7-10;1-7(2)10-8-5-3-4-6-9-8/h9,12H,3-8H2,1-2H3;9-11H,4-8H2,1-3H3;2*8-11H,3-7H2,1-2H3;4-7H,1-3H3,(H,10,11);8H,4-7H2,1-3H3;3-7H,1-2H3,(H,9,10)/t;10-,11+;2*9-,10-;;;/m.110.../s1. The topological polar surface area (TPSA) is 144 Å². The molecule has 17 nitrogen and oxygen atoms in total. The molecule has 0 aromatic carbocycles. The monoisotopic (exact) mass is 1180 g/mol. The van der Waals surface area contributed by atoms with E-state index in [0.717, 1.165) is 114 Å². The molecule has 5 N–H and O–H groups in total. The predicted octanol–water partition coefficient (Wildman–Crippen LogP) is 7.88. The largest absolute Gasteiger partial charge is 0.375 e. The van der Waals surface area contributed by atoms with E-state index < -0.39 is 0 Å². The molecule has 0 radical (unpaired) electrons. The fourth-order valence-corrected chi connectivity index (χ4v) is 12.9. The zero-order valence-electron chi connectivity index (χ0n) is 56.5. The van der Waals surface area contributed by atoms with Gasteiger partial charge in [0.15, 0.2) is 5.78 Å². The molecule has 9 aliphatic rings. The van der Waals surface area contributed by atoms with Crippen LogP contribution >= 0.6 is 0 Å². The second-order valence-corrected chi connectivity index (χ2v) is 27.6. The number of piperidine rings is 3. The molecule has 0 bridgehead atoms. The Hall–Kier alpha value is -2.91. The highest BCUT2D eigenvalue weighted by atomic mass is 16.5. The maximum atomic E-state index is 11.7. The molecule has 0 amide bonds. The van der Waals surface area contributed by atoms with Crippen molar-refractivity contribution in [2.24, 2.45) is 5.92 Å². The van der Waals surface area contributed by atoms with Crippen molar-refractivity contribution in [1.29, 1.82) is 0 Å². The van der Waals surface area contributed by atoms with Crippen LogP contribution in [0.25, 0.3) is 0 Å². The molecule has 11 rings (SSSR count). The molecule has 0 saturated carbocycles. The second-order valence-electron chi connectivity index (χ2n) is 27.6. The molecule has 9 fully saturated rings. The van der Waals surface area contributed by atoms with E-state index in [1.54, 1.807) is 6.20 Å². The Kier molecular flexibility index (Phi) is 31.8. The maximum Gasteiger partial charge on any atom is 0.154 e. The van der Waals surface area contributed by atoms with Gasteiger partial charge in [0, 0.05) is 190 Å². The van der Waals surface area contributed by atoms with Gasteiger partial charge in [0.25, 0.3) is 0 Å². The lowest BCUT2D eigenvalue weighted by molar-refractivity contribution is -0.124. The van der Waals surface area contributed by atoms with Gasteiger partial charge < -0.3 is 45.9 Å². The van der Waals surface area contributed by atoms with Gasteiger partial charge in [0.2, 0.25) is 0 Å². The number of Topliss-reactive ketones (excluding diaryl/α,β-unsaturated/α-hetero) is 1. The van der Waals surface area contributed by atoms with E-state index in [9.17, 15) is 4.79 Å². The number of aromatic nitrogens is 2. The van der Waals surface area contributed by atoms with Crippen LogP contribution in [0, 0.1) is 12.8 Å². The van der Waals surface area contributed by atoms with Crippen LogP contribution in [-0.4, -0.2) is 260 Å². The van der Waals surface area contributed by atoms with Crippen LogP contribution in [0.4, 0.5) is 11.6 Å². The van der Waals surface area contributed by atoms with E-state index >= 15 is 0 Å². The summed E-state index contributed by atoms with van der Waals surface area (Å²) in [6.45, 7) is 57.2. The van der Waals surface area contributed by atoms with Crippen molar-refractivity contribution in [3.05, 3.63) is 48.3 Å². The molecule has 2 aromatic heterocycles. The Morgan fingerprint density at radius 1 is 0.571 bits per heavy atom. The van der Waals surface area contributed by atoms with Gasteiger partial charge in [0.05, 0.1) is 31.0 Å². The van der Waals surface area contributed by atoms with Crippen LogP contribution in [0.5, 0.6) is 0 Å². The van der Waals surface area contributed by atoms with Gasteiger partial charge in [-0.1, -0.05) is 19.1 Å². The lowest BCUT2D eigenvalue weighted by Gasteiger charge is -2.43. The summed E-state index contributed by atoms with van der Waals surface area (Å²) in [5.41, 5.74) is 1.06. The number of likely N-dealkylation sites (N-methyl/N-ethyl adjacent to an activating group) is 1. The Labute approximate surface area is 513 Å². The average Bonchev–Trinajstić information content (AvgIpc) is 3.63. The van der Waals surface area contributed by atoms with E-state index in [4.69, 9.17) is 9.47 Å². The molecule has 1 spiro atoms. The number of hydrogen-bond acceptors (Lipinski definition) is 17. The Morgan fingerprint density at radius 3 is 1.52 bits per heavy atom. The lowest BCUT2D eigenvalue weighted by atomic mass is 9.85.